The normalized spacial score (nSPS) is 11.6. The van der Waals surface area contributed by atoms with E-state index in [1.54, 1.807) is 18.4 Å². The first kappa shape index (κ1) is 15.2. The lowest BCUT2D eigenvalue weighted by Gasteiger charge is -2.05. The van der Waals surface area contributed by atoms with Crippen molar-refractivity contribution >= 4 is 44.9 Å². The number of anilines is 1. The summed E-state index contributed by atoms with van der Waals surface area (Å²) in [6.07, 6.45) is 1.79. The molecule has 3 aromatic rings. The fraction of sp³-hybridized carbons (Fsp3) is 0.111. The van der Waals surface area contributed by atoms with Crippen LogP contribution in [0.2, 0.25) is 0 Å². The summed E-state index contributed by atoms with van der Waals surface area (Å²) in [5.41, 5.74) is 7.55. The van der Waals surface area contributed by atoms with E-state index in [0.717, 1.165) is 16.3 Å². The van der Waals surface area contributed by atoms with E-state index < -0.39 is 5.97 Å². The van der Waals surface area contributed by atoms with Gasteiger partial charge in [0.05, 0.1) is 17.9 Å². The molecule has 4 nitrogen and oxygen atoms in total. The Hall–Kier alpha value is -2.66. The number of benzene rings is 2. The average molecular weight is 324 g/mol. The molecule has 0 amide bonds. The van der Waals surface area contributed by atoms with Crippen LogP contribution in [-0.4, -0.2) is 17.6 Å². The number of hydrogen-bond acceptors (Lipinski definition) is 5. The molecule has 5 heteroatoms. The molecule has 1 aromatic heterocycles. The summed E-state index contributed by atoms with van der Waals surface area (Å²) in [5, 5.41) is 4.45. The summed E-state index contributed by atoms with van der Waals surface area (Å²) in [6.45, 7) is 2.09. The molecule has 0 unspecified atom stereocenters. The molecular weight excluding hydrogens is 308 g/mol. The molecule has 3 rings (SSSR count). The number of nitrogens with two attached hydrogens (primary N) is 1. The number of carbonyl (C=O) groups is 1. The molecule has 0 radical (unpaired) electrons. The molecule has 0 saturated heterocycles. The first-order valence-electron chi connectivity index (χ1n) is 7.26. The van der Waals surface area contributed by atoms with Gasteiger partial charge in [0.2, 0.25) is 0 Å². The monoisotopic (exact) mass is 324 g/mol. The second-order valence-corrected chi connectivity index (χ2v) is 5.85. The fourth-order valence-corrected chi connectivity index (χ4v) is 2.88. The van der Waals surface area contributed by atoms with E-state index in [0.29, 0.717) is 23.0 Å². The minimum atomic E-state index is -0.397. The summed E-state index contributed by atoms with van der Waals surface area (Å²) in [4.78, 5) is 16.5. The number of fused-ring (bicyclic) bond motifs is 1. The van der Waals surface area contributed by atoms with E-state index in [1.807, 2.05) is 36.4 Å². The van der Waals surface area contributed by atoms with Gasteiger partial charge in [-0.15, -0.1) is 11.3 Å². The Labute approximate surface area is 138 Å². The number of thiazole rings is 1. The lowest BCUT2D eigenvalue weighted by atomic mass is 10.0. The molecule has 116 valence electrons. The van der Waals surface area contributed by atoms with Crippen molar-refractivity contribution in [1.82, 2.24) is 4.98 Å². The van der Waals surface area contributed by atoms with Crippen molar-refractivity contribution in [2.75, 3.05) is 12.3 Å². The van der Waals surface area contributed by atoms with Crippen LogP contribution < -0.4 is 5.73 Å². The molecule has 0 aliphatic rings. The average Bonchev–Trinajstić information content (AvgIpc) is 2.98. The molecular formula is C18H16N2O2S. The molecule has 23 heavy (non-hydrogen) atoms. The van der Waals surface area contributed by atoms with E-state index in [1.165, 1.54) is 11.3 Å². The Bertz CT molecular complexity index is 883. The smallest absolute Gasteiger partial charge is 0.340 e. The van der Waals surface area contributed by atoms with Crippen LogP contribution in [0.25, 0.3) is 22.4 Å². The summed E-state index contributed by atoms with van der Waals surface area (Å²) in [6, 6.07) is 14.1. The third-order valence-electron chi connectivity index (χ3n) is 3.38. The zero-order valence-electron chi connectivity index (χ0n) is 12.7. The van der Waals surface area contributed by atoms with Crippen molar-refractivity contribution in [3.8, 4) is 0 Å². The van der Waals surface area contributed by atoms with Crippen LogP contribution in [0.5, 0.6) is 0 Å². The van der Waals surface area contributed by atoms with E-state index >= 15 is 0 Å². The maximum atomic E-state index is 12.3. The van der Waals surface area contributed by atoms with Crippen molar-refractivity contribution in [2.24, 2.45) is 0 Å². The number of aromatic nitrogens is 1. The summed E-state index contributed by atoms with van der Waals surface area (Å²) in [5.74, 6) is -0.397. The molecule has 0 aliphatic heterocycles. The van der Waals surface area contributed by atoms with Gasteiger partial charge in [0.25, 0.3) is 0 Å². The minimum Gasteiger partial charge on any atom is -0.462 e. The third kappa shape index (κ3) is 3.40. The molecule has 0 fully saturated rings. The summed E-state index contributed by atoms with van der Waals surface area (Å²) in [7, 11) is 0. The number of rotatable bonds is 4. The Morgan fingerprint density at radius 3 is 2.74 bits per heavy atom. The van der Waals surface area contributed by atoms with E-state index in [9.17, 15) is 4.79 Å². The standard InChI is InChI=1S/C18H16N2O2S/c1-2-22-17(21)15(16-11-23-18(19)20-16)10-12-7-8-13-5-3-4-6-14(13)9-12/h3-11H,2H2,1H3,(H2,19,20). The fourth-order valence-electron chi connectivity index (χ4n) is 2.32. The van der Waals surface area contributed by atoms with Gasteiger partial charge in [0, 0.05) is 5.38 Å². The predicted octanol–water partition coefficient (Wildman–Crippen LogP) is 3.98. The number of hydrogen-bond donors (Lipinski definition) is 1. The van der Waals surface area contributed by atoms with Crippen molar-refractivity contribution in [3.63, 3.8) is 0 Å². The predicted molar refractivity (Wildman–Crippen MR) is 95.0 cm³/mol. The van der Waals surface area contributed by atoms with E-state index in [2.05, 4.69) is 11.1 Å². The van der Waals surface area contributed by atoms with E-state index in [4.69, 9.17) is 10.5 Å². The zero-order valence-corrected chi connectivity index (χ0v) is 13.5. The SMILES string of the molecule is CCOC(=O)C(=Cc1ccc2ccccc2c1)c1csc(N)n1. The molecule has 0 spiro atoms. The maximum absolute atomic E-state index is 12.3. The molecule has 0 atom stereocenters. The van der Waals surface area contributed by atoms with Crippen LogP contribution in [0.15, 0.2) is 47.8 Å². The summed E-state index contributed by atoms with van der Waals surface area (Å²) < 4.78 is 5.14. The second kappa shape index (κ2) is 6.62. The molecule has 0 bridgehead atoms. The largest absolute Gasteiger partial charge is 0.462 e. The van der Waals surface area contributed by atoms with Gasteiger partial charge in [-0.3, -0.25) is 0 Å². The summed E-state index contributed by atoms with van der Waals surface area (Å²) >= 11 is 1.30. The number of nitrogen functional groups attached to an aromatic ring is 1. The Morgan fingerprint density at radius 1 is 1.26 bits per heavy atom. The van der Waals surface area contributed by atoms with Crippen LogP contribution in [-0.2, 0) is 9.53 Å². The molecule has 1 heterocycles. The van der Waals surface area contributed by atoms with Crippen molar-refractivity contribution in [3.05, 3.63) is 59.1 Å². The first-order chi connectivity index (χ1) is 11.2. The van der Waals surface area contributed by atoms with E-state index in [-0.39, 0.29) is 0 Å². The van der Waals surface area contributed by atoms with Gasteiger partial charge >= 0.3 is 5.97 Å². The highest BCUT2D eigenvalue weighted by atomic mass is 32.1. The molecule has 2 N–H and O–H groups in total. The van der Waals surface area contributed by atoms with Gasteiger partial charge in [-0.25, -0.2) is 9.78 Å². The quantitative estimate of drug-likeness (QED) is 0.582. The van der Waals surface area contributed by atoms with Crippen LogP contribution in [0.4, 0.5) is 5.13 Å². The van der Waals surface area contributed by atoms with Crippen LogP contribution in [0, 0.1) is 0 Å². The first-order valence-corrected chi connectivity index (χ1v) is 8.14. The van der Waals surface area contributed by atoms with Crippen LogP contribution >= 0.6 is 11.3 Å². The molecule has 2 aromatic carbocycles. The van der Waals surface area contributed by atoms with Crippen LogP contribution in [0.3, 0.4) is 0 Å². The highest BCUT2D eigenvalue weighted by Gasteiger charge is 2.16. The number of carbonyl (C=O) groups excluding carboxylic acids is 1. The van der Waals surface area contributed by atoms with Crippen molar-refractivity contribution in [2.45, 2.75) is 6.92 Å². The highest BCUT2D eigenvalue weighted by molar-refractivity contribution is 7.13. The topological polar surface area (TPSA) is 65.2 Å². The van der Waals surface area contributed by atoms with Gasteiger partial charge in [-0.2, -0.15) is 0 Å². The van der Waals surface area contributed by atoms with Gasteiger partial charge in [0.15, 0.2) is 5.13 Å². The Morgan fingerprint density at radius 2 is 2.04 bits per heavy atom. The Kier molecular flexibility index (Phi) is 4.39. The molecule has 0 aliphatic carbocycles. The number of nitrogens with zero attached hydrogens (tertiary/aromatic N) is 1. The van der Waals surface area contributed by atoms with Gasteiger partial charge in [0.1, 0.15) is 0 Å². The van der Waals surface area contributed by atoms with Crippen LogP contribution in [0.1, 0.15) is 18.2 Å². The van der Waals surface area contributed by atoms with Gasteiger partial charge < -0.3 is 10.5 Å². The lowest BCUT2D eigenvalue weighted by Crippen LogP contribution is -2.07. The van der Waals surface area contributed by atoms with Gasteiger partial charge in [-0.05, 0) is 35.4 Å². The highest BCUT2D eigenvalue weighted by Crippen LogP contribution is 2.24. The maximum Gasteiger partial charge on any atom is 0.340 e. The minimum absolute atomic E-state index is 0.313. The number of esters is 1. The second-order valence-electron chi connectivity index (χ2n) is 4.96. The van der Waals surface area contributed by atoms with Gasteiger partial charge in [-0.1, -0.05) is 36.4 Å². The zero-order chi connectivity index (χ0) is 16.2. The number of ether oxygens (including phenoxy) is 1. The lowest BCUT2D eigenvalue weighted by molar-refractivity contribution is -0.136. The third-order valence-corrected chi connectivity index (χ3v) is 4.05. The van der Waals surface area contributed by atoms with Crippen molar-refractivity contribution in [1.29, 1.82) is 0 Å². The molecule has 0 saturated carbocycles. The van der Waals surface area contributed by atoms with Crippen molar-refractivity contribution < 1.29 is 9.53 Å². The Balaban J connectivity index is 2.06.